The molecule has 1 aromatic rings. The second-order valence-corrected chi connectivity index (χ2v) is 6.36. The molecular weight excluding hydrogens is 273 g/mol. The summed E-state index contributed by atoms with van der Waals surface area (Å²) in [5, 5.41) is 11.7. The normalized spacial score (nSPS) is 12.8. The lowest BCUT2D eigenvalue weighted by atomic mass is 9.88. The maximum absolute atomic E-state index is 13.0. The SMILES string of the molecule is CC(C)(C)CCC(NC(=O)Cc1cccc(F)c1)C(=O)O. The second-order valence-electron chi connectivity index (χ2n) is 6.36. The van der Waals surface area contributed by atoms with E-state index in [1.165, 1.54) is 18.2 Å². The zero-order valence-electron chi connectivity index (χ0n) is 12.6. The van der Waals surface area contributed by atoms with Crippen molar-refractivity contribution in [2.45, 2.75) is 46.1 Å². The maximum Gasteiger partial charge on any atom is 0.326 e. The standard InChI is InChI=1S/C16H22FNO3/c1-16(2,3)8-7-13(15(20)21)18-14(19)10-11-5-4-6-12(17)9-11/h4-6,9,13H,7-8,10H2,1-3H3,(H,18,19)(H,20,21). The highest BCUT2D eigenvalue weighted by atomic mass is 19.1. The highest BCUT2D eigenvalue weighted by Gasteiger charge is 2.22. The average Bonchev–Trinajstić information content (AvgIpc) is 2.32. The van der Waals surface area contributed by atoms with E-state index in [1.54, 1.807) is 6.07 Å². The Morgan fingerprint density at radius 2 is 2.00 bits per heavy atom. The van der Waals surface area contributed by atoms with E-state index in [2.05, 4.69) is 5.32 Å². The van der Waals surface area contributed by atoms with Crippen LogP contribution in [0, 0.1) is 11.2 Å². The lowest BCUT2D eigenvalue weighted by Crippen LogP contribution is -2.42. The molecule has 0 saturated carbocycles. The monoisotopic (exact) mass is 295 g/mol. The third-order valence-corrected chi connectivity index (χ3v) is 3.07. The quantitative estimate of drug-likeness (QED) is 0.848. The minimum atomic E-state index is -1.05. The lowest BCUT2D eigenvalue weighted by molar-refractivity contribution is -0.142. The van der Waals surface area contributed by atoms with Crippen LogP contribution in [0.15, 0.2) is 24.3 Å². The first kappa shape index (κ1) is 17.1. The molecule has 0 radical (unpaired) electrons. The molecule has 1 aromatic carbocycles. The molecule has 0 saturated heterocycles. The summed E-state index contributed by atoms with van der Waals surface area (Å²) in [5.41, 5.74) is 0.522. The number of carboxylic acids is 1. The Balaban J connectivity index is 2.58. The van der Waals surface area contributed by atoms with Crippen molar-refractivity contribution in [2.24, 2.45) is 5.41 Å². The minimum absolute atomic E-state index is 0.000978. The van der Waals surface area contributed by atoms with Crippen LogP contribution in [0.2, 0.25) is 0 Å². The van der Waals surface area contributed by atoms with E-state index in [9.17, 15) is 14.0 Å². The molecule has 5 heteroatoms. The molecule has 0 bridgehead atoms. The van der Waals surface area contributed by atoms with Crippen LogP contribution < -0.4 is 5.32 Å². The Labute approximate surface area is 124 Å². The molecule has 0 heterocycles. The first-order chi connectivity index (χ1) is 9.67. The zero-order chi connectivity index (χ0) is 16.0. The number of amides is 1. The number of halogens is 1. The van der Waals surface area contributed by atoms with Crippen LogP contribution in [0.3, 0.4) is 0 Å². The van der Waals surface area contributed by atoms with E-state index in [1.807, 2.05) is 20.8 Å². The van der Waals surface area contributed by atoms with E-state index in [0.717, 1.165) is 0 Å². The minimum Gasteiger partial charge on any atom is -0.480 e. The highest BCUT2D eigenvalue weighted by molar-refractivity contribution is 5.84. The largest absolute Gasteiger partial charge is 0.480 e. The number of nitrogens with one attached hydrogen (secondary N) is 1. The van der Waals surface area contributed by atoms with Gasteiger partial charge in [0.25, 0.3) is 0 Å². The number of carbonyl (C=O) groups excluding carboxylic acids is 1. The van der Waals surface area contributed by atoms with Crippen molar-refractivity contribution in [3.63, 3.8) is 0 Å². The van der Waals surface area contributed by atoms with Gasteiger partial charge < -0.3 is 10.4 Å². The smallest absolute Gasteiger partial charge is 0.326 e. The Morgan fingerprint density at radius 3 is 2.52 bits per heavy atom. The number of hydrogen-bond acceptors (Lipinski definition) is 2. The molecule has 0 aliphatic carbocycles. The van der Waals surface area contributed by atoms with E-state index in [4.69, 9.17) is 5.11 Å². The number of carbonyl (C=O) groups is 2. The molecule has 0 aliphatic heterocycles. The molecule has 116 valence electrons. The summed E-state index contributed by atoms with van der Waals surface area (Å²) in [7, 11) is 0. The van der Waals surface area contributed by atoms with Crippen molar-refractivity contribution in [3.05, 3.63) is 35.6 Å². The summed E-state index contributed by atoms with van der Waals surface area (Å²) in [6.45, 7) is 6.04. The van der Waals surface area contributed by atoms with Gasteiger partial charge in [0.15, 0.2) is 0 Å². The van der Waals surface area contributed by atoms with Gasteiger partial charge in [0.1, 0.15) is 11.9 Å². The van der Waals surface area contributed by atoms with Gasteiger partial charge >= 0.3 is 5.97 Å². The molecule has 1 atom stereocenters. The summed E-state index contributed by atoms with van der Waals surface area (Å²) >= 11 is 0. The second kappa shape index (κ2) is 7.20. The molecular formula is C16H22FNO3. The van der Waals surface area contributed by atoms with Gasteiger partial charge in [-0.3, -0.25) is 4.79 Å². The summed E-state index contributed by atoms with van der Waals surface area (Å²) < 4.78 is 13.0. The van der Waals surface area contributed by atoms with Crippen molar-refractivity contribution in [2.75, 3.05) is 0 Å². The van der Waals surface area contributed by atoms with Gasteiger partial charge in [0.05, 0.1) is 6.42 Å². The number of hydrogen-bond donors (Lipinski definition) is 2. The van der Waals surface area contributed by atoms with Crippen molar-refractivity contribution in [1.82, 2.24) is 5.32 Å². The molecule has 1 unspecified atom stereocenters. The van der Waals surface area contributed by atoms with E-state index in [-0.39, 0.29) is 11.8 Å². The van der Waals surface area contributed by atoms with Gasteiger partial charge in [-0.1, -0.05) is 32.9 Å². The van der Waals surface area contributed by atoms with Crippen molar-refractivity contribution < 1.29 is 19.1 Å². The number of aliphatic carboxylic acids is 1. The van der Waals surface area contributed by atoms with Crippen LogP contribution in [0.1, 0.15) is 39.2 Å². The molecule has 1 amide bonds. The summed E-state index contributed by atoms with van der Waals surface area (Å²) in [6, 6.07) is 4.81. The molecule has 0 aliphatic rings. The number of benzene rings is 1. The van der Waals surface area contributed by atoms with Crippen LogP contribution in [0.4, 0.5) is 4.39 Å². The van der Waals surface area contributed by atoms with Gasteiger partial charge in [-0.05, 0) is 36.0 Å². The number of carboxylic acid groups (broad SMARTS) is 1. The lowest BCUT2D eigenvalue weighted by Gasteiger charge is -2.21. The molecule has 0 fully saturated rings. The van der Waals surface area contributed by atoms with Crippen LogP contribution in [-0.4, -0.2) is 23.0 Å². The molecule has 0 aromatic heterocycles. The fraction of sp³-hybridized carbons (Fsp3) is 0.500. The summed E-state index contributed by atoms with van der Waals surface area (Å²) in [4.78, 5) is 23.0. The van der Waals surface area contributed by atoms with Gasteiger partial charge in [0, 0.05) is 0 Å². The average molecular weight is 295 g/mol. The van der Waals surface area contributed by atoms with Gasteiger partial charge in [-0.2, -0.15) is 0 Å². The maximum atomic E-state index is 13.0. The molecule has 4 nitrogen and oxygen atoms in total. The first-order valence-corrected chi connectivity index (χ1v) is 6.94. The Hall–Kier alpha value is -1.91. The Kier molecular flexibility index (Phi) is 5.88. The molecule has 0 spiro atoms. The predicted molar refractivity (Wildman–Crippen MR) is 78.4 cm³/mol. The van der Waals surface area contributed by atoms with Crippen molar-refractivity contribution in [1.29, 1.82) is 0 Å². The molecule has 21 heavy (non-hydrogen) atoms. The fourth-order valence-electron chi connectivity index (χ4n) is 1.91. The third kappa shape index (κ3) is 6.88. The molecule has 1 rings (SSSR count). The topological polar surface area (TPSA) is 66.4 Å². The first-order valence-electron chi connectivity index (χ1n) is 6.94. The van der Waals surface area contributed by atoms with Crippen LogP contribution in [0.5, 0.6) is 0 Å². The van der Waals surface area contributed by atoms with Crippen LogP contribution >= 0.6 is 0 Å². The van der Waals surface area contributed by atoms with E-state index < -0.39 is 23.7 Å². The highest BCUT2D eigenvalue weighted by Crippen LogP contribution is 2.21. The summed E-state index contributed by atoms with van der Waals surface area (Å²) in [5.74, 6) is -1.88. The van der Waals surface area contributed by atoms with Crippen molar-refractivity contribution in [3.8, 4) is 0 Å². The Morgan fingerprint density at radius 1 is 1.33 bits per heavy atom. The van der Waals surface area contributed by atoms with Gasteiger partial charge in [0.2, 0.25) is 5.91 Å². The Bertz CT molecular complexity index is 508. The van der Waals surface area contributed by atoms with Crippen LogP contribution in [0.25, 0.3) is 0 Å². The predicted octanol–water partition coefficient (Wildman–Crippen LogP) is 2.76. The third-order valence-electron chi connectivity index (χ3n) is 3.07. The van der Waals surface area contributed by atoms with Crippen molar-refractivity contribution >= 4 is 11.9 Å². The number of rotatable bonds is 6. The van der Waals surface area contributed by atoms with Gasteiger partial charge in [-0.25, -0.2) is 9.18 Å². The molecule has 2 N–H and O–H groups in total. The van der Waals surface area contributed by atoms with E-state index in [0.29, 0.717) is 18.4 Å². The van der Waals surface area contributed by atoms with E-state index >= 15 is 0 Å². The fourth-order valence-corrected chi connectivity index (χ4v) is 1.91. The van der Waals surface area contributed by atoms with Crippen LogP contribution in [-0.2, 0) is 16.0 Å². The zero-order valence-corrected chi connectivity index (χ0v) is 12.6. The summed E-state index contributed by atoms with van der Waals surface area (Å²) in [6.07, 6.45) is 1.02. The van der Waals surface area contributed by atoms with Gasteiger partial charge in [-0.15, -0.1) is 0 Å².